The summed E-state index contributed by atoms with van der Waals surface area (Å²) in [6.07, 6.45) is 1.68. The summed E-state index contributed by atoms with van der Waals surface area (Å²) in [5.41, 5.74) is 0.604. The molecule has 2 aromatic rings. The molecule has 0 bridgehead atoms. The van der Waals surface area contributed by atoms with E-state index in [0.29, 0.717) is 29.3 Å². The van der Waals surface area contributed by atoms with Crippen LogP contribution >= 0.6 is 0 Å². The number of nitrogens with one attached hydrogen (secondary N) is 1. The Morgan fingerprint density at radius 3 is 3.00 bits per heavy atom. The molecule has 1 heterocycles. The van der Waals surface area contributed by atoms with Crippen molar-refractivity contribution in [1.82, 2.24) is 5.32 Å². The Morgan fingerprint density at radius 2 is 2.24 bits per heavy atom. The molecule has 1 atom stereocenters. The molecular formula is C13H14FNO2. The molecule has 3 rings (SSSR count). The molecule has 1 aliphatic carbocycles. The summed E-state index contributed by atoms with van der Waals surface area (Å²) in [4.78, 5) is 0. The van der Waals surface area contributed by atoms with E-state index in [-0.39, 0.29) is 5.82 Å². The van der Waals surface area contributed by atoms with Crippen LogP contribution in [0.1, 0.15) is 24.7 Å². The molecule has 90 valence electrons. The molecule has 1 aromatic heterocycles. The summed E-state index contributed by atoms with van der Waals surface area (Å²) >= 11 is 0. The second kappa shape index (κ2) is 4.13. The predicted octanol–water partition coefficient (Wildman–Crippen LogP) is 2.36. The first-order chi connectivity index (χ1) is 8.22. The van der Waals surface area contributed by atoms with Crippen molar-refractivity contribution in [2.24, 2.45) is 0 Å². The summed E-state index contributed by atoms with van der Waals surface area (Å²) in [6, 6.07) is 6.58. The third-order valence-electron chi connectivity index (χ3n) is 3.00. The zero-order chi connectivity index (χ0) is 11.8. The van der Waals surface area contributed by atoms with E-state index in [9.17, 15) is 9.50 Å². The van der Waals surface area contributed by atoms with Gasteiger partial charge in [0.25, 0.3) is 0 Å². The van der Waals surface area contributed by atoms with Crippen LogP contribution in [-0.4, -0.2) is 17.7 Å². The van der Waals surface area contributed by atoms with Crippen molar-refractivity contribution in [3.63, 3.8) is 0 Å². The Hall–Kier alpha value is -1.39. The molecule has 4 heteroatoms. The highest BCUT2D eigenvalue weighted by molar-refractivity contribution is 5.77. The van der Waals surface area contributed by atoms with Gasteiger partial charge in [0.2, 0.25) is 0 Å². The van der Waals surface area contributed by atoms with Crippen molar-refractivity contribution < 1.29 is 13.9 Å². The number of furan rings is 1. The quantitative estimate of drug-likeness (QED) is 0.855. The SMILES string of the molecule is OC(CNC1CC1)c1cc2cc(F)ccc2o1. The molecule has 3 nitrogen and oxygen atoms in total. The number of fused-ring (bicyclic) bond motifs is 1. The largest absolute Gasteiger partial charge is 0.458 e. The van der Waals surface area contributed by atoms with E-state index in [0.717, 1.165) is 0 Å². The van der Waals surface area contributed by atoms with Crippen LogP contribution in [-0.2, 0) is 0 Å². The molecule has 1 aliphatic rings. The maximum absolute atomic E-state index is 13.0. The molecule has 0 aliphatic heterocycles. The van der Waals surface area contributed by atoms with Crippen LogP contribution in [0, 0.1) is 5.82 Å². The summed E-state index contributed by atoms with van der Waals surface area (Å²) in [6.45, 7) is 0.479. The van der Waals surface area contributed by atoms with Crippen LogP contribution in [0.15, 0.2) is 28.7 Å². The van der Waals surface area contributed by atoms with Gasteiger partial charge in [-0.1, -0.05) is 0 Å². The first-order valence-corrected chi connectivity index (χ1v) is 5.83. The lowest BCUT2D eigenvalue weighted by Crippen LogP contribution is -2.22. The highest BCUT2D eigenvalue weighted by Crippen LogP contribution is 2.25. The molecule has 0 saturated heterocycles. The number of benzene rings is 1. The van der Waals surface area contributed by atoms with Crippen LogP contribution < -0.4 is 5.32 Å². The van der Waals surface area contributed by atoms with Gasteiger partial charge in [-0.25, -0.2) is 4.39 Å². The fourth-order valence-corrected chi connectivity index (χ4v) is 1.87. The van der Waals surface area contributed by atoms with Gasteiger partial charge >= 0.3 is 0 Å². The highest BCUT2D eigenvalue weighted by Gasteiger charge is 2.22. The van der Waals surface area contributed by atoms with Crippen molar-refractivity contribution in [3.05, 3.63) is 35.8 Å². The van der Waals surface area contributed by atoms with Crippen molar-refractivity contribution in [2.45, 2.75) is 25.0 Å². The van der Waals surface area contributed by atoms with E-state index in [1.165, 1.54) is 25.0 Å². The number of hydrogen-bond donors (Lipinski definition) is 2. The molecule has 1 saturated carbocycles. The van der Waals surface area contributed by atoms with E-state index in [2.05, 4.69) is 5.32 Å². The summed E-state index contributed by atoms with van der Waals surface area (Å²) in [7, 11) is 0. The van der Waals surface area contributed by atoms with Crippen LogP contribution in [0.4, 0.5) is 4.39 Å². The van der Waals surface area contributed by atoms with Gasteiger partial charge in [-0.15, -0.1) is 0 Å². The Bertz CT molecular complexity index is 533. The van der Waals surface area contributed by atoms with Crippen molar-refractivity contribution in [2.75, 3.05) is 6.54 Å². The summed E-state index contributed by atoms with van der Waals surface area (Å²) < 4.78 is 18.5. The Morgan fingerprint density at radius 1 is 1.41 bits per heavy atom. The number of aliphatic hydroxyl groups excluding tert-OH is 1. The zero-order valence-electron chi connectivity index (χ0n) is 9.32. The van der Waals surface area contributed by atoms with Crippen molar-refractivity contribution >= 4 is 11.0 Å². The van der Waals surface area contributed by atoms with Gasteiger partial charge in [0.15, 0.2) is 0 Å². The maximum Gasteiger partial charge on any atom is 0.135 e. The van der Waals surface area contributed by atoms with E-state index in [1.807, 2.05) is 0 Å². The average molecular weight is 235 g/mol. The standard InChI is InChI=1S/C13H14FNO2/c14-9-1-4-12-8(5-9)6-13(17-12)11(16)7-15-10-2-3-10/h1,4-6,10-11,15-16H,2-3,7H2. The predicted molar refractivity (Wildman–Crippen MR) is 62.2 cm³/mol. The van der Waals surface area contributed by atoms with Crippen LogP contribution in [0.5, 0.6) is 0 Å². The average Bonchev–Trinajstić information content (AvgIpc) is 3.04. The minimum absolute atomic E-state index is 0.296. The fourth-order valence-electron chi connectivity index (χ4n) is 1.87. The Kier molecular flexibility index (Phi) is 2.61. The monoisotopic (exact) mass is 235 g/mol. The molecule has 2 N–H and O–H groups in total. The van der Waals surface area contributed by atoms with E-state index in [1.54, 1.807) is 12.1 Å². The van der Waals surface area contributed by atoms with Crippen LogP contribution in [0.3, 0.4) is 0 Å². The molecule has 0 radical (unpaired) electrons. The smallest absolute Gasteiger partial charge is 0.135 e. The molecule has 17 heavy (non-hydrogen) atoms. The van der Waals surface area contributed by atoms with Crippen LogP contribution in [0.25, 0.3) is 11.0 Å². The highest BCUT2D eigenvalue weighted by atomic mass is 19.1. The molecule has 1 aromatic carbocycles. The lowest BCUT2D eigenvalue weighted by atomic mass is 10.2. The number of rotatable bonds is 4. The van der Waals surface area contributed by atoms with Crippen LogP contribution in [0.2, 0.25) is 0 Å². The number of aliphatic hydroxyl groups is 1. The lowest BCUT2D eigenvalue weighted by Gasteiger charge is -2.07. The molecule has 1 unspecified atom stereocenters. The first kappa shape index (κ1) is 10.7. The minimum Gasteiger partial charge on any atom is -0.458 e. The Balaban J connectivity index is 1.78. The van der Waals surface area contributed by atoms with Gasteiger partial charge in [-0.2, -0.15) is 0 Å². The fraction of sp³-hybridized carbons (Fsp3) is 0.385. The minimum atomic E-state index is -0.675. The van der Waals surface area contributed by atoms with Crippen molar-refractivity contribution in [3.8, 4) is 0 Å². The second-order valence-corrected chi connectivity index (χ2v) is 4.53. The second-order valence-electron chi connectivity index (χ2n) is 4.53. The van der Waals surface area contributed by atoms with Crippen molar-refractivity contribution in [1.29, 1.82) is 0 Å². The molecule has 0 spiro atoms. The third-order valence-corrected chi connectivity index (χ3v) is 3.00. The van der Waals surface area contributed by atoms with E-state index < -0.39 is 6.10 Å². The van der Waals surface area contributed by atoms with E-state index in [4.69, 9.17) is 4.42 Å². The van der Waals surface area contributed by atoms with Gasteiger partial charge in [0.1, 0.15) is 23.3 Å². The zero-order valence-corrected chi connectivity index (χ0v) is 9.32. The Labute approximate surface area is 98.2 Å². The normalized spacial score (nSPS) is 17.5. The van der Waals surface area contributed by atoms with Gasteiger partial charge in [0.05, 0.1) is 0 Å². The maximum atomic E-state index is 13.0. The number of hydrogen-bond acceptors (Lipinski definition) is 3. The first-order valence-electron chi connectivity index (χ1n) is 5.83. The molecule has 1 fully saturated rings. The number of halogens is 1. The summed E-state index contributed by atoms with van der Waals surface area (Å²) in [5.74, 6) is 0.189. The molecular weight excluding hydrogens is 221 g/mol. The van der Waals surface area contributed by atoms with Gasteiger partial charge < -0.3 is 14.8 Å². The molecule has 0 amide bonds. The topological polar surface area (TPSA) is 45.4 Å². The lowest BCUT2D eigenvalue weighted by molar-refractivity contribution is 0.149. The van der Waals surface area contributed by atoms with Gasteiger partial charge in [-0.3, -0.25) is 0 Å². The summed E-state index contributed by atoms with van der Waals surface area (Å²) in [5, 5.41) is 13.8. The third kappa shape index (κ3) is 2.33. The van der Waals surface area contributed by atoms with Gasteiger partial charge in [0, 0.05) is 18.0 Å². The van der Waals surface area contributed by atoms with E-state index >= 15 is 0 Å². The van der Waals surface area contributed by atoms with Gasteiger partial charge in [-0.05, 0) is 37.1 Å².